The lowest BCUT2D eigenvalue weighted by atomic mass is 10.00. The highest BCUT2D eigenvalue weighted by atomic mass is 16.5. The van der Waals surface area contributed by atoms with Gasteiger partial charge in [0.2, 0.25) is 5.91 Å². The second-order valence-electron chi connectivity index (χ2n) is 5.67. The second-order valence-corrected chi connectivity index (χ2v) is 5.67. The van der Waals surface area contributed by atoms with Crippen molar-refractivity contribution >= 4 is 5.91 Å². The number of carbonyl (C=O) groups excluding carboxylic acids is 1. The van der Waals surface area contributed by atoms with Gasteiger partial charge in [0.15, 0.2) is 0 Å². The average Bonchev–Trinajstić information content (AvgIpc) is 2.65. The Morgan fingerprint density at radius 2 is 2.20 bits per heavy atom. The third-order valence-electron chi connectivity index (χ3n) is 3.96. The lowest BCUT2D eigenvalue weighted by molar-refractivity contribution is -0.141. The van der Waals surface area contributed by atoms with Crippen LogP contribution in [-0.2, 0) is 16.1 Å². The van der Waals surface area contributed by atoms with Gasteiger partial charge in [-0.05, 0) is 25.8 Å². The molecule has 3 rings (SSSR count). The van der Waals surface area contributed by atoms with Gasteiger partial charge in [-0.2, -0.15) is 0 Å². The fourth-order valence-electron chi connectivity index (χ4n) is 2.95. The van der Waals surface area contributed by atoms with E-state index in [0.29, 0.717) is 19.7 Å². The van der Waals surface area contributed by atoms with Crippen LogP contribution in [0.4, 0.5) is 0 Å². The number of amides is 1. The summed E-state index contributed by atoms with van der Waals surface area (Å²) in [4.78, 5) is 14.6. The van der Waals surface area contributed by atoms with E-state index >= 15 is 0 Å². The molecule has 2 aliphatic heterocycles. The highest BCUT2D eigenvalue weighted by Crippen LogP contribution is 2.26. The Morgan fingerprint density at radius 1 is 1.35 bits per heavy atom. The maximum absolute atomic E-state index is 12.7. The third kappa shape index (κ3) is 2.80. The van der Waals surface area contributed by atoms with E-state index in [1.807, 2.05) is 36.1 Å². The summed E-state index contributed by atoms with van der Waals surface area (Å²) in [5.74, 6) is 1.12. The van der Waals surface area contributed by atoms with Gasteiger partial charge in [-0.15, -0.1) is 0 Å². The summed E-state index contributed by atoms with van der Waals surface area (Å²) in [5.41, 5.74) is 1.09. The van der Waals surface area contributed by atoms with Gasteiger partial charge in [0.05, 0.1) is 19.1 Å². The molecule has 2 heterocycles. The van der Waals surface area contributed by atoms with Crippen LogP contribution in [-0.4, -0.2) is 36.7 Å². The maximum Gasteiger partial charge on any atom is 0.228 e. The number of hydrogen-bond donors (Lipinski definition) is 0. The molecule has 4 nitrogen and oxygen atoms in total. The van der Waals surface area contributed by atoms with E-state index in [-0.39, 0.29) is 17.9 Å². The average molecular weight is 275 g/mol. The van der Waals surface area contributed by atoms with Crippen molar-refractivity contribution < 1.29 is 14.3 Å². The molecule has 0 unspecified atom stereocenters. The minimum absolute atomic E-state index is 0.0150. The number of ether oxygens (including phenoxy) is 2. The standard InChI is InChI=1S/C16H21NO3/c1-12-9-17(16(18)14-6-4-8-19-11-14)10-13-5-2-3-7-15(13)20-12/h2-3,5,7,12,14H,4,6,8-11H2,1H3/t12-,14+/m0/s1. The van der Waals surface area contributed by atoms with Crippen molar-refractivity contribution in [3.05, 3.63) is 29.8 Å². The molecule has 0 saturated carbocycles. The largest absolute Gasteiger partial charge is 0.489 e. The summed E-state index contributed by atoms with van der Waals surface area (Å²) in [6.07, 6.45) is 1.94. The molecule has 2 atom stereocenters. The molecule has 1 aromatic carbocycles. The van der Waals surface area contributed by atoms with Crippen molar-refractivity contribution in [3.63, 3.8) is 0 Å². The molecule has 0 radical (unpaired) electrons. The minimum Gasteiger partial charge on any atom is -0.489 e. The zero-order valence-corrected chi connectivity index (χ0v) is 11.9. The summed E-state index contributed by atoms with van der Waals surface area (Å²) in [6, 6.07) is 7.97. The summed E-state index contributed by atoms with van der Waals surface area (Å²) < 4.78 is 11.3. The van der Waals surface area contributed by atoms with Gasteiger partial charge in [-0.3, -0.25) is 4.79 Å². The number of hydrogen-bond acceptors (Lipinski definition) is 3. The van der Waals surface area contributed by atoms with Crippen molar-refractivity contribution in [2.45, 2.75) is 32.4 Å². The first-order chi connectivity index (χ1) is 9.74. The van der Waals surface area contributed by atoms with Crippen molar-refractivity contribution in [1.29, 1.82) is 0 Å². The van der Waals surface area contributed by atoms with Crippen LogP contribution < -0.4 is 4.74 Å². The van der Waals surface area contributed by atoms with E-state index in [1.54, 1.807) is 0 Å². The summed E-state index contributed by atoms with van der Waals surface area (Å²) in [5, 5.41) is 0. The Balaban J connectivity index is 1.77. The second kappa shape index (κ2) is 5.83. The number of para-hydroxylation sites is 1. The van der Waals surface area contributed by atoms with Gasteiger partial charge in [0, 0.05) is 18.7 Å². The van der Waals surface area contributed by atoms with Crippen molar-refractivity contribution in [1.82, 2.24) is 4.90 Å². The Hall–Kier alpha value is -1.55. The SMILES string of the molecule is C[C@H]1CN(C(=O)[C@@H]2CCCOC2)Cc2ccccc2O1. The number of rotatable bonds is 1. The molecule has 1 aromatic rings. The predicted octanol–water partition coefficient (Wildman–Crippen LogP) is 2.22. The maximum atomic E-state index is 12.7. The molecule has 0 bridgehead atoms. The minimum atomic E-state index is 0.0150. The van der Waals surface area contributed by atoms with Crippen molar-refractivity contribution in [3.8, 4) is 5.75 Å². The van der Waals surface area contributed by atoms with Crippen LogP contribution in [0.1, 0.15) is 25.3 Å². The lowest BCUT2D eigenvalue weighted by Crippen LogP contribution is -2.42. The molecule has 108 valence electrons. The monoisotopic (exact) mass is 275 g/mol. The van der Waals surface area contributed by atoms with Crippen LogP contribution in [0.25, 0.3) is 0 Å². The number of fused-ring (bicyclic) bond motifs is 1. The summed E-state index contributed by atoms with van der Waals surface area (Å²) >= 11 is 0. The molecule has 4 heteroatoms. The first-order valence-electron chi connectivity index (χ1n) is 7.35. The van der Waals surface area contributed by atoms with Gasteiger partial charge in [0.1, 0.15) is 11.9 Å². The van der Waals surface area contributed by atoms with E-state index in [2.05, 4.69) is 0 Å². The molecule has 0 aliphatic carbocycles. The molecule has 0 N–H and O–H groups in total. The molecule has 0 aromatic heterocycles. The zero-order valence-electron chi connectivity index (χ0n) is 11.9. The molecular formula is C16H21NO3. The third-order valence-corrected chi connectivity index (χ3v) is 3.96. The lowest BCUT2D eigenvalue weighted by Gasteiger charge is -2.29. The smallest absolute Gasteiger partial charge is 0.228 e. The molecule has 20 heavy (non-hydrogen) atoms. The number of carbonyl (C=O) groups is 1. The first-order valence-corrected chi connectivity index (χ1v) is 7.35. The topological polar surface area (TPSA) is 38.8 Å². The number of benzene rings is 1. The Morgan fingerprint density at radius 3 is 3.00 bits per heavy atom. The van der Waals surface area contributed by atoms with E-state index in [1.165, 1.54) is 0 Å². The van der Waals surface area contributed by atoms with Gasteiger partial charge in [-0.1, -0.05) is 18.2 Å². The zero-order chi connectivity index (χ0) is 13.9. The van der Waals surface area contributed by atoms with E-state index in [9.17, 15) is 4.79 Å². The van der Waals surface area contributed by atoms with Crippen molar-refractivity contribution in [2.75, 3.05) is 19.8 Å². The van der Waals surface area contributed by atoms with Crippen LogP contribution in [0.15, 0.2) is 24.3 Å². The van der Waals surface area contributed by atoms with Gasteiger partial charge >= 0.3 is 0 Å². The summed E-state index contributed by atoms with van der Waals surface area (Å²) in [7, 11) is 0. The van der Waals surface area contributed by atoms with Crippen molar-refractivity contribution in [2.24, 2.45) is 5.92 Å². The quantitative estimate of drug-likeness (QED) is 0.789. The fraction of sp³-hybridized carbons (Fsp3) is 0.562. The first kappa shape index (κ1) is 13.4. The van der Waals surface area contributed by atoms with Crippen LogP contribution in [0, 0.1) is 5.92 Å². The Bertz CT molecular complexity index is 482. The highest BCUT2D eigenvalue weighted by Gasteiger charge is 2.30. The molecule has 1 saturated heterocycles. The van der Waals surface area contributed by atoms with Crippen LogP contribution in [0.2, 0.25) is 0 Å². The molecular weight excluding hydrogens is 254 g/mol. The van der Waals surface area contributed by atoms with Crippen LogP contribution in [0.5, 0.6) is 5.75 Å². The van der Waals surface area contributed by atoms with Crippen LogP contribution >= 0.6 is 0 Å². The Kier molecular flexibility index (Phi) is 3.92. The van der Waals surface area contributed by atoms with E-state index in [0.717, 1.165) is 30.8 Å². The molecule has 1 fully saturated rings. The highest BCUT2D eigenvalue weighted by molar-refractivity contribution is 5.79. The van der Waals surface area contributed by atoms with Gasteiger partial charge in [0.25, 0.3) is 0 Å². The molecule has 0 spiro atoms. The van der Waals surface area contributed by atoms with Gasteiger partial charge in [-0.25, -0.2) is 0 Å². The fourth-order valence-corrected chi connectivity index (χ4v) is 2.95. The Labute approximate surface area is 119 Å². The number of nitrogens with zero attached hydrogens (tertiary/aromatic N) is 1. The van der Waals surface area contributed by atoms with Gasteiger partial charge < -0.3 is 14.4 Å². The van der Waals surface area contributed by atoms with E-state index < -0.39 is 0 Å². The predicted molar refractivity (Wildman–Crippen MR) is 75.5 cm³/mol. The van der Waals surface area contributed by atoms with E-state index in [4.69, 9.17) is 9.47 Å². The normalized spacial score (nSPS) is 26.4. The summed E-state index contributed by atoms with van der Waals surface area (Å²) in [6.45, 7) is 4.64. The molecule has 1 amide bonds. The molecule has 2 aliphatic rings. The van der Waals surface area contributed by atoms with Crippen LogP contribution in [0.3, 0.4) is 0 Å².